The summed E-state index contributed by atoms with van der Waals surface area (Å²) in [5.74, 6) is -1.28. The van der Waals surface area contributed by atoms with Crippen LogP contribution in [0.2, 0.25) is 0 Å². The fourth-order valence-electron chi connectivity index (χ4n) is 2.17. The van der Waals surface area contributed by atoms with Gasteiger partial charge in [-0.3, -0.25) is 14.9 Å². The maximum Gasteiger partial charge on any atom is 0.267 e. The van der Waals surface area contributed by atoms with Crippen molar-refractivity contribution in [2.75, 3.05) is 10.6 Å². The molecule has 0 aliphatic heterocycles. The molecule has 1 heterocycles. The quantitative estimate of drug-likeness (QED) is 0.740. The lowest BCUT2D eigenvalue weighted by molar-refractivity contribution is 0.101. The first kappa shape index (κ1) is 16.8. The SMILES string of the molecule is Cc1nc(NC(=O)c2cccc(F)c2)sc1C(=O)Nc1ccccc1. The van der Waals surface area contributed by atoms with Crippen molar-refractivity contribution in [2.24, 2.45) is 0 Å². The minimum Gasteiger partial charge on any atom is -0.321 e. The van der Waals surface area contributed by atoms with Gasteiger partial charge in [0.15, 0.2) is 5.13 Å². The van der Waals surface area contributed by atoms with Crippen molar-refractivity contribution in [3.05, 3.63) is 76.5 Å². The van der Waals surface area contributed by atoms with Gasteiger partial charge >= 0.3 is 0 Å². The molecule has 7 heteroatoms. The highest BCUT2D eigenvalue weighted by molar-refractivity contribution is 7.17. The highest BCUT2D eigenvalue weighted by Gasteiger charge is 2.17. The van der Waals surface area contributed by atoms with E-state index < -0.39 is 11.7 Å². The lowest BCUT2D eigenvalue weighted by atomic mass is 10.2. The molecular formula is C18H14FN3O2S. The molecule has 0 aliphatic rings. The normalized spacial score (nSPS) is 10.3. The molecule has 2 amide bonds. The van der Waals surface area contributed by atoms with E-state index in [0.29, 0.717) is 16.3 Å². The molecule has 0 atom stereocenters. The zero-order chi connectivity index (χ0) is 17.8. The van der Waals surface area contributed by atoms with E-state index in [9.17, 15) is 14.0 Å². The minimum atomic E-state index is -0.495. The molecule has 25 heavy (non-hydrogen) atoms. The molecule has 0 unspecified atom stereocenters. The van der Waals surface area contributed by atoms with E-state index in [0.717, 1.165) is 17.4 Å². The Morgan fingerprint density at radius 3 is 2.48 bits per heavy atom. The second-order valence-electron chi connectivity index (χ2n) is 5.22. The van der Waals surface area contributed by atoms with Crippen LogP contribution >= 0.6 is 11.3 Å². The van der Waals surface area contributed by atoms with Crippen LogP contribution < -0.4 is 10.6 Å². The summed E-state index contributed by atoms with van der Waals surface area (Å²) in [5, 5.41) is 5.64. The molecule has 0 spiro atoms. The number of nitrogens with zero attached hydrogens (tertiary/aromatic N) is 1. The predicted molar refractivity (Wildman–Crippen MR) is 95.6 cm³/mol. The number of aryl methyl sites for hydroxylation is 1. The van der Waals surface area contributed by atoms with Crippen molar-refractivity contribution in [3.8, 4) is 0 Å². The molecule has 3 aromatic rings. The average molecular weight is 355 g/mol. The number of halogens is 1. The van der Waals surface area contributed by atoms with E-state index >= 15 is 0 Å². The van der Waals surface area contributed by atoms with Gasteiger partial charge in [0.05, 0.1) is 5.69 Å². The Hall–Kier alpha value is -3.06. The third kappa shape index (κ3) is 4.07. The van der Waals surface area contributed by atoms with E-state index in [4.69, 9.17) is 0 Å². The molecule has 0 bridgehead atoms. The van der Waals surface area contributed by atoms with E-state index in [2.05, 4.69) is 15.6 Å². The molecule has 0 aliphatic carbocycles. The van der Waals surface area contributed by atoms with Gasteiger partial charge in [0.25, 0.3) is 11.8 Å². The summed E-state index contributed by atoms with van der Waals surface area (Å²) in [4.78, 5) is 29.1. The van der Waals surface area contributed by atoms with Gasteiger partial charge in [-0.05, 0) is 37.3 Å². The molecule has 0 saturated heterocycles. The maximum absolute atomic E-state index is 13.2. The zero-order valence-electron chi connectivity index (χ0n) is 13.2. The number of amides is 2. The van der Waals surface area contributed by atoms with Crippen molar-refractivity contribution < 1.29 is 14.0 Å². The lowest BCUT2D eigenvalue weighted by Crippen LogP contribution is -2.11. The molecule has 0 radical (unpaired) electrons. The molecule has 2 N–H and O–H groups in total. The number of carbonyl (C=O) groups is 2. The topological polar surface area (TPSA) is 71.1 Å². The Bertz CT molecular complexity index is 925. The number of anilines is 2. The summed E-state index contributed by atoms with van der Waals surface area (Å²) in [5.41, 5.74) is 1.36. The number of hydrogen-bond donors (Lipinski definition) is 2. The van der Waals surface area contributed by atoms with Gasteiger partial charge in [-0.25, -0.2) is 9.37 Å². The summed E-state index contributed by atoms with van der Waals surface area (Å²) in [6, 6.07) is 14.4. The van der Waals surface area contributed by atoms with Gasteiger partial charge in [-0.15, -0.1) is 0 Å². The highest BCUT2D eigenvalue weighted by Crippen LogP contribution is 2.24. The van der Waals surface area contributed by atoms with Crippen LogP contribution in [-0.4, -0.2) is 16.8 Å². The summed E-state index contributed by atoms with van der Waals surface area (Å²) >= 11 is 1.07. The molecule has 1 aromatic heterocycles. The van der Waals surface area contributed by atoms with E-state index in [-0.39, 0.29) is 16.6 Å². The van der Waals surface area contributed by atoms with Crippen LogP contribution in [0.15, 0.2) is 54.6 Å². The number of thiazole rings is 1. The van der Waals surface area contributed by atoms with Crippen LogP contribution in [0.1, 0.15) is 25.7 Å². The second kappa shape index (κ2) is 7.23. The maximum atomic E-state index is 13.2. The van der Waals surface area contributed by atoms with Crippen LogP contribution in [0.5, 0.6) is 0 Å². The van der Waals surface area contributed by atoms with Gasteiger partial charge < -0.3 is 5.32 Å². The van der Waals surface area contributed by atoms with Crippen LogP contribution in [0.25, 0.3) is 0 Å². The van der Waals surface area contributed by atoms with Gasteiger partial charge in [0.2, 0.25) is 0 Å². The van der Waals surface area contributed by atoms with Gasteiger partial charge in [0.1, 0.15) is 10.7 Å². The Labute approximate surface area is 147 Å². The molecular weight excluding hydrogens is 341 g/mol. The Morgan fingerprint density at radius 1 is 1.00 bits per heavy atom. The monoisotopic (exact) mass is 355 g/mol. The largest absolute Gasteiger partial charge is 0.321 e. The fraction of sp³-hybridized carbons (Fsp3) is 0.0556. The number of aromatic nitrogens is 1. The van der Waals surface area contributed by atoms with Crippen molar-refractivity contribution in [1.29, 1.82) is 0 Å². The Morgan fingerprint density at radius 2 is 1.76 bits per heavy atom. The number of carbonyl (C=O) groups excluding carboxylic acids is 2. The van der Waals surface area contributed by atoms with Crippen molar-refractivity contribution >= 4 is 34.0 Å². The number of nitrogens with one attached hydrogen (secondary N) is 2. The van der Waals surface area contributed by atoms with Crippen molar-refractivity contribution in [1.82, 2.24) is 4.98 Å². The van der Waals surface area contributed by atoms with Crippen molar-refractivity contribution in [2.45, 2.75) is 6.92 Å². The van der Waals surface area contributed by atoms with Gasteiger partial charge in [0, 0.05) is 11.3 Å². The summed E-state index contributed by atoms with van der Waals surface area (Å²) in [6.07, 6.45) is 0. The van der Waals surface area contributed by atoms with E-state index in [1.165, 1.54) is 18.2 Å². The Balaban J connectivity index is 1.74. The van der Waals surface area contributed by atoms with E-state index in [1.54, 1.807) is 19.1 Å². The van der Waals surface area contributed by atoms with Crippen LogP contribution in [0, 0.1) is 12.7 Å². The third-order valence-corrected chi connectivity index (χ3v) is 4.41. The zero-order valence-corrected chi connectivity index (χ0v) is 14.1. The summed E-state index contributed by atoms with van der Waals surface area (Å²) in [6.45, 7) is 1.69. The summed E-state index contributed by atoms with van der Waals surface area (Å²) < 4.78 is 13.2. The lowest BCUT2D eigenvalue weighted by Gasteiger charge is -2.03. The molecule has 126 valence electrons. The van der Waals surface area contributed by atoms with Crippen LogP contribution in [0.3, 0.4) is 0 Å². The van der Waals surface area contributed by atoms with Crippen molar-refractivity contribution in [3.63, 3.8) is 0 Å². The molecule has 5 nitrogen and oxygen atoms in total. The van der Waals surface area contributed by atoms with Gasteiger partial charge in [-0.1, -0.05) is 35.6 Å². The molecule has 3 rings (SSSR count). The first-order valence-electron chi connectivity index (χ1n) is 7.43. The standard InChI is InChI=1S/C18H14FN3O2S/c1-11-15(17(24)21-14-8-3-2-4-9-14)25-18(20-11)22-16(23)12-6-5-7-13(19)10-12/h2-10H,1H3,(H,21,24)(H,20,22,23). The third-order valence-electron chi connectivity index (χ3n) is 3.34. The number of rotatable bonds is 4. The smallest absolute Gasteiger partial charge is 0.267 e. The predicted octanol–water partition coefficient (Wildman–Crippen LogP) is 4.10. The molecule has 0 saturated carbocycles. The molecule has 2 aromatic carbocycles. The van der Waals surface area contributed by atoms with Crippen LogP contribution in [-0.2, 0) is 0 Å². The van der Waals surface area contributed by atoms with Gasteiger partial charge in [-0.2, -0.15) is 0 Å². The first-order chi connectivity index (χ1) is 12.0. The molecule has 0 fully saturated rings. The van der Waals surface area contributed by atoms with Crippen LogP contribution in [0.4, 0.5) is 15.2 Å². The fourth-order valence-corrected chi connectivity index (χ4v) is 3.03. The Kier molecular flexibility index (Phi) is 4.85. The van der Waals surface area contributed by atoms with E-state index in [1.807, 2.05) is 18.2 Å². The first-order valence-corrected chi connectivity index (χ1v) is 8.25. The number of para-hydroxylation sites is 1. The minimum absolute atomic E-state index is 0.183. The summed E-state index contributed by atoms with van der Waals surface area (Å²) in [7, 11) is 0. The average Bonchev–Trinajstić information content (AvgIpc) is 2.96. The highest BCUT2D eigenvalue weighted by atomic mass is 32.1. The number of benzene rings is 2. The second-order valence-corrected chi connectivity index (χ2v) is 6.22. The number of hydrogen-bond acceptors (Lipinski definition) is 4.